The number of nitrogens with one attached hydrogen (secondary N) is 2. The van der Waals surface area contributed by atoms with Crippen LogP contribution in [-0.4, -0.2) is 93.0 Å². The number of nitrogens with two attached hydrogens (primary N) is 1. The molecule has 12 nitrogen and oxygen atoms in total. The van der Waals surface area contributed by atoms with Crippen LogP contribution in [0.2, 0.25) is 0 Å². The van der Waals surface area contributed by atoms with Crippen molar-refractivity contribution in [3.63, 3.8) is 0 Å². The van der Waals surface area contributed by atoms with Gasteiger partial charge in [0.1, 0.15) is 18.7 Å². The third-order valence-corrected chi connectivity index (χ3v) is 8.57. The molecule has 0 aromatic heterocycles. The van der Waals surface area contributed by atoms with Crippen LogP contribution in [0.25, 0.3) is 0 Å². The van der Waals surface area contributed by atoms with Crippen LogP contribution in [0.1, 0.15) is 36.8 Å². The van der Waals surface area contributed by atoms with E-state index in [4.69, 9.17) is 10.5 Å². The lowest BCUT2D eigenvalue weighted by Crippen LogP contribution is -2.54. The van der Waals surface area contributed by atoms with Crippen LogP contribution >= 0.6 is 0 Å². The van der Waals surface area contributed by atoms with E-state index in [1.807, 2.05) is 65.6 Å². The number of benzene rings is 2. The molecule has 0 bridgehead atoms. The Labute approximate surface area is 259 Å². The average Bonchev–Trinajstić information content (AvgIpc) is 3.50. The van der Waals surface area contributed by atoms with Gasteiger partial charge in [-0.25, -0.2) is 13.1 Å². The molecule has 2 aromatic carbocycles. The Morgan fingerprint density at radius 1 is 0.977 bits per heavy atom. The molecule has 44 heavy (non-hydrogen) atoms. The van der Waals surface area contributed by atoms with Gasteiger partial charge < -0.3 is 25.6 Å². The highest BCUT2D eigenvalue weighted by Crippen LogP contribution is 2.21. The summed E-state index contributed by atoms with van der Waals surface area (Å²) >= 11 is 0. The van der Waals surface area contributed by atoms with E-state index in [1.54, 1.807) is 0 Å². The highest BCUT2D eigenvalue weighted by molar-refractivity contribution is 7.88. The summed E-state index contributed by atoms with van der Waals surface area (Å²) in [4.78, 5) is 46.2. The molecule has 2 aliphatic rings. The van der Waals surface area contributed by atoms with Gasteiger partial charge in [-0.05, 0) is 49.1 Å². The number of carbonyl (C=O) groups is 3. The number of amides is 3. The Bertz CT molecular complexity index is 1400. The van der Waals surface area contributed by atoms with Crippen LogP contribution in [0.4, 0.5) is 0 Å². The van der Waals surface area contributed by atoms with Crippen molar-refractivity contribution in [1.82, 2.24) is 19.8 Å². The number of hydrogen-bond acceptors (Lipinski definition) is 6. The molecule has 0 spiro atoms. The minimum absolute atomic E-state index is 0.157. The maximum absolute atomic E-state index is 13.5. The zero-order valence-electron chi connectivity index (χ0n) is 25.1. The molecule has 2 aromatic rings. The van der Waals surface area contributed by atoms with Crippen LogP contribution in [0.15, 0.2) is 65.7 Å². The SMILES string of the molecule is CS(=O)(=O)N[C@H](Cc1ccccc1)C(=O)N1CCC[C@H]1C(=O)NCC1CCN(C(N)=NC(=O)COCc2ccccc2)CC1. The molecule has 2 aliphatic heterocycles. The van der Waals surface area contributed by atoms with Crippen molar-refractivity contribution in [3.05, 3.63) is 71.8 Å². The molecule has 0 unspecified atom stereocenters. The number of aliphatic imine (C=N–C) groups is 1. The van der Waals surface area contributed by atoms with E-state index in [-0.39, 0.29) is 30.8 Å². The lowest BCUT2D eigenvalue weighted by molar-refractivity contribution is -0.139. The number of sulfonamides is 1. The van der Waals surface area contributed by atoms with E-state index < -0.39 is 33.9 Å². The maximum Gasteiger partial charge on any atom is 0.274 e. The molecule has 2 atom stereocenters. The second-order valence-corrected chi connectivity index (χ2v) is 13.1. The summed E-state index contributed by atoms with van der Waals surface area (Å²) in [7, 11) is -3.66. The number of hydrogen-bond donors (Lipinski definition) is 3. The van der Waals surface area contributed by atoms with Gasteiger partial charge in [-0.1, -0.05) is 60.7 Å². The average molecular weight is 627 g/mol. The molecule has 0 saturated carbocycles. The Morgan fingerprint density at radius 3 is 2.25 bits per heavy atom. The van der Waals surface area contributed by atoms with Crippen molar-refractivity contribution in [1.29, 1.82) is 0 Å². The maximum atomic E-state index is 13.5. The number of ether oxygens (including phenoxy) is 1. The first kappa shape index (κ1) is 33.1. The van der Waals surface area contributed by atoms with Crippen molar-refractivity contribution in [2.24, 2.45) is 16.6 Å². The van der Waals surface area contributed by atoms with Gasteiger partial charge in [0.2, 0.25) is 21.8 Å². The number of piperidine rings is 1. The molecule has 4 N–H and O–H groups in total. The highest BCUT2D eigenvalue weighted by atomic mass is 32.2. The van der Waals surface area contributed by atoms with Gasteiger partial charge in [-0.2, -0.15) is 4.99 Å². The highest BCUT2D eigenvalue weighted by Gasteiger charge is 2.38. The van der Waals surface area contributed by atoms with E-state index in [1.165, 1.54) is 4.90 Å². The summed E-state index contributed by atoms with van der Waals surface area (Å²) in [6, 6.07) is 17.1. The fourth-order valence-electron chi connectivity index (χ4n) is 5.58. The lowest BCUT2D eigenvalue weighted by Gasteiger charge is -2.33. The van der Waals surface area contributed by atoms with Crippen LogP contribution < -0.4 is 15.8 Å². The van der Waals surface area contributed by atoms with Gasteiger partial charge in [0.05, 0.1) is 12.9 Å². The first-order valence-electron chi connectivity index (χ1n) is 14.9. The van der Waals surface area contributed by atoms with Crippen molar-refractivity contribution >= 4 is 33.7 Å². The van der Waals surface area contributed by atoms with E-state index in [9.17, 15) is 22.8 Å². The van der Waals surface area contributed by atoms with Gasteiger partial charge in [-0.15, -0.1) is 0 Å². The predicted octanol–water partition coefficient (Wildman–Crippen LogP) is 1.02. The normalized spacial score (nSPS) is 18.7. The first-order chi connectivity index (χ1) is 21.1. The standard InChI is InChI=1S/C31H42N6O6S/c1-44(41,42)35-26(19-23-9-4-2-5-10-23)30(40)37-16-8-13-27(37)29(39)33-20-24-14-17-36(18-15-24)31(32)34-28(38)22-43-21-25-11-6-3-7-12-25/h2-7,9-12,24,26-27,35H,8,13-22H2,1H3,(H,33,39)(H2,32,34,38)/t26-,27+/m1/s1. The lowest BCUT2D eigenvalue weighted by atomic mass is 9.97. The van der Waals surface area contributed by atoms with Crippen molar-refractivity contribution in [2.45, 2.75) is 50.8 Å². The molecule has 2 heterocycles. The fourth-order valence-corrected chi connectivity index (χ4v) is 6.28. The topological polar surface area (TPSA) is 163 Å². The molecule has 238 valence electrons. The largest absolute Gasteiger partial charge is 0.369 e. The van der Waals surface area contributed by atoms with Gasteiger partial charge in [0, 0.05) is 26.2 Å². The number of guanidine groups is 1. The molecule has 0 radical (unpaired) electrons. The van der Waals surface area contributed by atoms with Gasteiger partial charge in [0.25, 0.3) is 5.91 Å². The minimum atomic E-state index is -3.66. The van der Waals surface area contributed by atoms with Crippen molar-refractivity contribution < 1.29 is 27.5 Å². The summed E-state index contributed by atoms with van der Waals surface area (Å²) < 4.78 is 32.0. The van der Waals surface area contributed by atoms with Crippen LogP contribution in [0.5, 0.6) is 0 Å². The Kier molecular flexibility index (Phi) is 11.9. The summed E-state index contributed by atoms with van der Waals surface area (Å²) in [5.41, 5.74) is 7.87. The zero-order chi connectivity index (χ0) is 31.5. The van der Waals surface area contributed by atoms with Crippen molar-refractivity contribution in [3.8, 4) is 0 Å². The summed E-state index contributed by atoms with van der Waals surface area (Å²) in [5.74, 6) is -0.718. The number of nitrogens with zero attached hydrogens (tertiary/aromatic N) is 3. The van der Waals surface area contributed by atoms with Crippen LogP contribution in [0, 0.1) is 5.92 Å². The Morgan fingerprint density at radius 2 is 1.61 bits per heavy atom. The third-order valence-electron chi connectivity index (χ3n) is 7.86. The molecule has 2 saturated heterocycles. The van der Waals surface area contributed by atoms with Crippen LogP contribution in [0.3, 0.4) is 0 Å². The predicted molar refractivity (Wildman–Crippen MR) is 167 cm³/mol. The zero-order valence-corrected chi connectivity index (χ0v) is 25.9. The van der Waals surface area contributed by atoms with Gasteiger partial charge >= 0.3 is 0 Å². The Balaban J connectivity index is 1.23. The molecule has 0 aliphatic carbocycles. The summed E-state index contributed by atoms with van der Waals surface area (Å²) in [6.07, 6.45) is 3.89. The van der Waals surface area contributed by atoms with Gasteiger partial charge in [-0.3, -0.25) is 14.4 Å². The van der Waals surface area contributed by atoms with Crippen LogP contribution in [-0.2, 0) is 42.2 Å². The molecule has 2 fully saturated rings. The fraction of sp³-hybridized carbons (Fsp3) is 0.484. The molecule has 3 amide bonds. The second kappa shape index (κ2) is 15.8. The van der Waals surface area contributed by atoms with Gasteiger partial charge in [0.15, 0.2) is 5.96 Å². The van der Waals surface area contributed by atoms with E-state index in [2.05, 4.69) is 15.0 Å². The molecular formula is C31H42N6O6S. The molecular weight excluding hydrogens is 584 g/mol. The number of likely N-dealkylation sites (tertiary alicyclic amines) is 2. The number of carbonyl (C=O) groups excluding carboxylic acids is 3. The van der Waals surface area contributed by atoms with E-state index >= 15 is 0 Å². The summed E-state index contributed by atoms with van der Waals surface area (Å²) in [5, 5.41) is 3.01. The smallest absolute Gasteiger partial charge is 0.274 e. The van der Waals surface area contributed by atoms with Crippen molar-refractivity contribution in [2.75, 3.05) is 39.0 Å². The quantitative estimate of drug-likeness (QED) is 0.232. The third kappa shape index (κ3) is 10.1. The first-order valence-corrected chi connectivity index (χ1v) is 16.8. The second-order valence-electron chi connectivity index (χ2n) is 11.3. The monoisotopic (exact) mass is 626 g/mol. The Hall–Kier alpha value is -3.81. The summed E-state index contributed by atoms with van der Waals surface area (Å²) in [6.45, 7) is 2.19. The van der Waals surface area contributed by atoms with E-state index in [0.29, 0.717) is 45.6 Å². The van der Waals surface area contributed by atoms with E-state index in [0.717, 1.165) is 30.2 Å². The number of rotatable bonds is 12. The molecule has 4 rings (SSSR count). The minimum Gasteiger partial charge on any atom is -0.369 e. The molecule has 13 heteroatoms.